The molecule has 0 aromatic carbocycles. The van der Waals surface area contributed by atoms with Crippen LogP contribution in [0, 0.1) is 0 Å². The fourth-order valence-corrected chi connectivity index (χ4v) is 10.8. The van der Waals surface area contributed by atoms with Crippen LogP contribution in [0.15, 0.2) is 0 Å². The second-order valence-electron chi connectivity index (χ2n) is 12.9. The number of hydrogen-bond donors (Lipinski definition) is 0. The zero-order valence-corrected chi connectivity index (χ0v) is 33.9. The van der Waals surface area contributed by atoms with Gasteiger partial charge in [0.15, 0.2) is 0 Å². The Kier molecular flexibility index (Phi) is 17.8. The summed E-state index contributed by atoms with van der Waals surface area (Å²) in [5.41, 5.74) is -0.854. The Hall–Kier alpha value is -2.74. The average Bonchev–Trinajstić information content (AvgIpc) is 2.96. The van der Waals surface area contributed by atoms with Gasteiger partial charge in [0.05, 0.1) is 0 Å². The number of ether oxygens (including phenoxy) is 9. The summed E-state index contributed by atoms with van der Waals surface area (Å²) in [5, 5.41) is -1.23. The summed E-state index contributed by atoms with van der Waals surface area (Å²) in [6.07, 6.45) is -10.2. The summed E-state index contributed by atoms with van der Waals surface area (Å²) in [6, 6.07) is 0.892. The van der Waals surface area contributed by atoms with E-state index in [4.69, 9.17) is 46.5 Å². The summed E-state index contributed by atoms with van der Waals surface area (Å²) >= 11 is 0.0870. The van der Waals surface area contributed by atoms with Crippen molar-refractivity contribution >= 4 is 76.9 Å². The Labute approximate surface area is 308 Å². The maximum absolute atomic E-state index is 12.5. The van der Waals surface area contributed by atoms with Gasteiger partial charge in [-0.05, 0) is 0 Å². The third-order valence-electron chi connectivity index (χ3n) is 6.99. The van der Waals surface area contributed by atoms with Gasteiger partial charge in [0, 0.05) is 0 Å². The van der Waals surface area contributed by atoms with Crippen LogP contribution in [0.1, 0.15) is 48.5 Å². The second-order valence-corrected chi connectivity index (χ2v) is 21.5. The van der Waals surface area contributed by atoms with E-state index in [0.29, 0.717) is 5.75 Å². The number of thioether (sulfide) groups is 1. The predicted octanol–water partition coefficient (Wildman–Crippen LogP) is 1.30. The molecule has 0 amide bonds. The van der Waals surface area contributed by atoms with Crippen LogP contribution in [0.5, 0.6) is 0 Å². The van der Waals surface area contributed by atoms with Crippen LogP contribution in [0.4, 0.5) is 0 Å². The van der Waals surface area contributed by atoms with E-state index in [0.717, 1.165) is 40.7 Å². The first kappa shape index (κ1) is 44.4. The van der Waals surface area contributed by atoms with Crippen LogP contribution in [0.3, 0.4) is 0 Å². The van der Waals surface area contributed by atoms with Crippen molar-refractivity contribution in [1.29, 1.82) is 0 Å². The molecule has 0 N–H and O–H groups in total. The van der Waals surface area contributed by atoms with Gasteiger partial charge in [-0.3, -0.25) is 0 Å². The van der Waals surface area contributed by atoms with E-state index >= 15 is 0 Å². The van der Waals surface area contributed by atoms with Gasteiger partial charge in [-0.15, -0.1) is 0 Å². The molecule has 290 valence electrons. The molecule has 2 fully saturated rings. The van der Waals surface area contributed by atoms with Crippen molar-refractivity contribution in [1.82, 2.24) is 0 Å². The first-order chi connectivity index (χ1) is 23.7. The standard InChI is InChI=1S/C31H48O17SSeSi/c1-15(32)39-13-22-24(41-17(3)34)26(42-18(4)35)29(45-21(7)38)31(47-22)50-48-25-23(14-40-16(2)33)46-30(49-11-12-51(8,9)10)28(44-20(6)37)27(25)43-19(5)36/h22-31H,11-14H2,1-10H3/t22-,23-,24+,25+,26+,27+,28-,29-,30+,31-/m1/s1. The van der Waals surface area contributed by atoms with Gasteiger partial charge in [0.2, 0.25) is 0 Å². The Morgan fingerprint density at radius 2 is 0.961 bits per heavy atom. The summed E-state index contributed by atoms with van der Waals surface area (Å²) in [6.45, 7) is 13.8. The van der Waals surface area contributed by atoms with Crippen LogP contribution >= 0.6 is 11.8 Å². The monoisotopic (exact) mass is 832 g/mol. The van der Waals surface area contributed by atoms with Crippen LogP contribution in [0.2, 0.25) is 25.7 Å². The molecule has 10 atom stereocenters. The van der Waals surface area contributed by atoms with Gasteiger partial charge in [-0.25, -0.2) is 0 Å². The molecule has 0 bridgehead atoms. The Morgan fingerprint density at radius 3 is 1.41 bits per heavy atom. The zero-order valence-electron chi connectivity index (χ0n) is 30.4. The molecule has 2 rings (SSSR count). The Balaban J connectivity index is 2.59. The van der Waals surface area contributed by atoms with Crippen molar-refractivity contribution in [3.05, 3.63) is 0 Å². The Bertz CT molecular complexity index is 1260. The SMILES string of the molecule is CC(=O)OC[C@H]1O[C@H]([Se]O[C@@H]2[C@H](OC(C)=O)[C@@H](OC(C)=O)[C@H](SCC[Si](C)(C)C)O[C@@H]2COC(C)=O)[C@H](OC(C)=O)[C@@H](OC(C)=O)[C@H]1OC(C)=O. The molecule has 0 saturated carbocycles. The molecule has 17 nitrogen and oxygen atoms in total. The van der Waals surface area contributed by atoms with E-state index in [1.54, 1.807) is 0 Å². The number of rotatable bonds is 16. The topological polar surface area (TPSA) is 212 Å². The van der Waals surface area contributed by atoms with E-state index in [-0.39, 0.29) is 6.61 Å². The molecule has 0 unspecified atom stereocenters. The summed E-state index contributed by atoms with van der Waals surface area (Å²) < 4.78 is 57.2. The number of hydrogen-bond acceptors (Lipinski definition) is 18. The first-order valence-electron chi connectivity index (χ1n) is 16.1. The van der Waals surface area contributed by atoms with E-state index in [2.05, 4.69) is 19.6 Å². The molecule has 2 heterocycles. The van der Waals surface area contributed by atoms with E-state index < -0.39 is 131 Å². The molecule has 20 heteroatoms. The first-order valence-corrected chi connectivity index (χ1v) is 22.5. The average molecular weight is 832 g/mol. The van der Waals surface area contributed by atoms with E-state index in [1.807, 2.05) is 0 Å². The number of carbonyl (C=O) groups excluding carboxylic acids is 7. The molecule has 2 saturated heterocycles. The molecule has 2 aliphatic heterocycles. The van der Waals surface area contributed by atoms with Crippen molar-refractivity contribution in [3.8, 4) is 0 Å². The normalized spacial score (nSPS) is 29.1. The number of esters is 7. The van der Waals surface area contributed by atoms with Gasteiger partial charge in [0.25, 0.3) is 0 Å². The number of carbonyl (C=O) groups is 7. The predicted molar refractivity (Wildman–Crippen MR) is 180 cm³/mol. The van der Waals surface area contributed by atoms with Gasteiger partial charge < -0.3 is 0 Å². The van der Waals surface area contributed by atoms with Crippen molar-refractivity contribution < 1.29 is 80.0 Å². The van der Waals surface area contributed by atoms with E-state index in [1.165, 1.54) is 25.6 Å². The van der Waals surface area contributed by atoms with Gasteiger partial charge in [0.1, 0.15) is 0 Å². The Morgan fingerprint density at radius 1 is 0.549 bits per heavy atom. The van der Waals surface area contributed by atoms with E-state index in [9.17, 15) is 33.6 Å². The second kappa shape index (κ2) is 20.5. The molecule has 0 aromatic rings. The van der Waals surface area contributed by atoms with Crippen LogP contribution in [0.25, 0.3) is 0 Å². The van der Waals surface area contributed by atoms with Crippen molar-refractivity contribution in [2.45, 2.75) is 133 Å². The van der Waals surface area contributed by atoms with Gasteiger partial charge in [-0.2, -0.15) is 0 Å². The van der Waals surface area contributed by atoms with Crippen molar-refractivity contribution in [3.63, 3.8) is 0 Å². The van der Waals surface area contributed by atoms with Crippen LogP contribution in [-0.4, -0.2) is 143 Å². The maximum atomic E-state index is 12.5. The minimum absolute atomic E-state index is 0.343. The third kappa shape index (κ3) is 15.4. The molecule has 2 aliphatic rings. The van der Waals surface area contributed by atoms with Crippen LogP contribution < -0.4 is 0 Å². The van der Waals surface area contributed by atoms with Crippen molar-refractivity contribution in [2.24, 2.45) is 0 Å². The molecular formula is C31H48O17SSeSi. The molecular weight excluding hydrogens is 783 g/mol. The molecule has 0 aromatic heterocycles. The molecule has 0 spiro atoms. The summed E-state index contributed by atoms with van der Waals surface area (Å²) in [5.74, 6) is -4.50. The van der Waals surface area contributed by atoms with Crippen LogP contribution in [-0.2, 0) is 80.0 Å². The fraction of sp³-hybridized carbons (Fsp3) is 0.774. The fourth-order valence-electron chi connectivity index (χ4n) is 4.97. The molecule has 0 aliphatic carbocycles. The third-order valence-corrected chi connectivity index (χ3v) is 12.1. The zero-order chi connectivity index (χ0) is 38.6. The minimum atomic E-state index is -1.50. The van der Waals surface area contributed by atoms with Gasteiger partial charge >= 0.3 is 309 Å². The van der Waals surface area contributed by atoms with Crippen molar-refractivity contribution in [2.75, 3.05) is 19.0 Å². The van der Waals surface area contributed by atoms with Gasteiger partial charge in [-0.1, -0.05) is 0 Å². The summed E-state index contributed by atoms with van der Waals surface area (Å²) in [4.78, 5) is 85.1. The summed E-state index contributed by atoms with van der Waals surface area (Å²) in [7, 11) is -1.50. The quantitative estimate of drug-likeness (QED) is 0.122. The molecule has 51 heavy (non-hydrogen) atoms. The molecule has 0 radical (unpaired) electrons.